The van der Waals surface area contributed by atoms with Crippen LogP contribution in [0.1, 0.15) is 5.56 Å². The molecule has 0 radical (unpaired) electrons. The van der Waals surface area contributed by atoms with Crippen LogP contribution in [-0.4, -0.2) is 30.4 Å². The lowest BCUT2D eigenvalue weighted by Gasteiger charge is -2.06. The third kappa shape index (κ3) is 5.07. The van der Waals surface area contributed by atoms with Gasteiger partial charge in [-0.15, -0.1) is 0 Å². The van der Waals surface area contributed by atoms with Gasteiger partial charge in [0.1, 0.15) is 5.75 Å². The van der Waals surface area contributed by atoms with Gasteiger partial charge >= 0.3 is 0 Å². The number of nitro groups is 1. The van der Waals surface area contributed by atoms with Crippen molar-refractivity contribution >= 4 is 39.8 Å². The maximum atomic E-state index is 11.7. The molecule has 1 aliphatic heterocycles. The SMILES string of the molecule is O=C(COc1ccc([N+](=O)[O-])cc1Br)N/N=C/C=C/c1ccc2c(c1)OCO2. The molecule has 0 unspecified atom stereocenters. The molecule has 3 rings (SSSR count). The molecule has 1 heterocycles. The van der Waals surface area contributed by atoms with Crippen LogP contribution in [-0.2, 0) is 4.79 Å². The van der Waals surface area contributed by atoms with Crippen LogP contribution in [0.5, 0.6) is 17.2 Å². The van der Waals surface area contributed by atoms with E-state index in [4.69, 9.17) is 14.2 Å². The van der Waals surface area contributed by atoms with Crippen molar-refractivity contribution in [2.45, 2.75) is 0 Å². The number of allylic oxidation sites excluding steroid dienone is 1. The monoisotopic (exact) mass is 447 g/mol. The molecule has 0 bridgehead atoms. The summed E-state index contributed by atoms with van der Waals surface area (Å²) in [6, 6.07) is 9.51. The first-order valence-corrected chi connectivity index (χ1v) is 8.77. The molecular weight excluding hydrogens is 434 g/mol. The van der Waals surface area contributed by atoms with E-state index in [2.05, 4.69) is 26.5 Å². The second-order valence-electron chi connectivity index (χ2n) is 5.45. The minimum absolute atomic E-state index is 0.0810. The van der Waals surface area contributed by atoms with Gasteiger partial charge in [0, 0.05) is 18.3 Å². The summed E-state index contributed by atoms with van der Waals surface area (Å²) in [6.07, 6.45) is 4.87. The minimum Gasteiger partial charge on any atom is -0.483 e. The first-order valence-electron chi connectivity index (χ1n) is 7.98. The molecule has 10 heteroatoms. The number of carbonyl (C=O) groups is 1. The summed E-state index contributed by atoms with van der Waals surface area (Å²) >= 11 is 3.16. The number of rotatable bonds is 7. The van der Waals surface area contributed by atoms with Gasteiger partial charge in [-0.25, -0.2) is 5.43 Å². The topological polar surface area (TPSA) is 112 Å². The summed E-state index contributed by atoms with van der Waals surface area (Å²) in [5.74, 6) is 1.23. The Labute approximate surface area is 167 Å². The van der Waals surface area contributed by atoms with E-state index in [-0.39, 0.29) is 19.1 Å². The fraction of sp³-hybridized carbons (Fsp3) is 0.111. The average Bonchev–Trinajstić information content (AvgIpc) is 3.14. The molecule has 0 saturated carbocycles. The fourth-order valence-electron chi connectivity index (χ4n) is 2.22. The number of ether oxygens (including phenoxy) is 3. The van der Waals surface area contributed by atoms with Crippen LogP contribution < -0.4 is 19.6 Å². The number of amides is 1. The third-order valence-electron chi connectivity index (χ3n) is 3.52. The van der Waals surface area contributed by atoms with Crippen molar-refractivity contribution in [3.05, 3.63) is 62.6 Å². The summed E-state index contributed by atoms with van der Waals surface area (Å²) in [6.45, 7) is -0.0753. The zero-order chi connectivity index (χ0) is 19.9. The first kappa shape index (κ1) is 19.4. The molecule has 9 nitrogen and oxygen atoms in total. The number of fused-ring (bicyclic) bond motifs is 1. The number of carbonyl (C=O) groups excluding carboxylic acids is 1. The molecule has 144 valence electrons. The Bertz CT molecular complexity index is 960. The number of benzene rings is 2. The molecule has 1 N–H and O–H groups in total. The largest absolute Gasteiger partial charge is 0.483 e. The highest BCUT2D eigenvalue weighted by molar-refractivity contribution is 9.10. The van der Waals surface area contributed by atoms with Gasteiger partial charge in [-0.1, -0.05) is 12.1 Å². The Hall–Kier alpha value is -3.40. The number of hydrogen-bond acceptors (Lipinski definition) is 7. The number of hydrogen-bond donors (Lipinski definition) is 1. The molecule has 0 aromatic heterocycles. The molecule has 0 saturated heterocycles. The number of nitro benzene ring substituents is 1. The summed E-state index contributed by atoms with van der Waals surface area (Å²) in [5, 5.41) is 14.5. The molecule has 0 spiro atoms. The predicted octanol–water partition coefficient (Wildman–Crippen LogP) is 3.28. The second-order valence-corrected chi connectivity index (χ2v) is 6.30. The highest BCUT2D eigenvalue weighted by atomic mass is 79.9. The summed E-state index contributed by atoms with van der Waals surface area (Å²) in [4.78, 5) is 21.9. The van der Waals surface area contributed by atoms with Crippen LogP contribution in [0.25, 0.3) is 6.08 Å². The average molecular weight is 448 g/mol. The molecule has 1 aliphatic rings. The van der Waals surface area contributed by atoms with Crippen molar-refractivity contribution in [1.82, 2.24) is 5.43 Å². The lowest BCUT2D eigenvalue weighted by Crippen LogP contribution is -2.24. The van der Waals surface area contributed by atoms with Gasteiger partial charge < -0.3 is 14.2 Å². The van der Waals surface area contributed by atoms with E-state index in [0.29, 0.717) is 21.7 Å². The standard InChI is InChI=1S/C18H14BrN3O6/c19-14-9-13(22(24)25)4-6-15(14)26-10-18(23)21-20-7-1-2-12-3-5-16-17(8-12)28-11-27-16/h1-9H,10-11H2,(H,21,23)/b2-1+,20-7+. The summed E-state index contributed by atoms with van der Waals surface area (Å²) in [7, 11) is 0. The summed E-state index contributed by atoms with van der Waals surface area (Å²) in [5.41, 5.74) is 3.13. The lowest BCUT2D eigenvalue weighted by molar-refractivity contribution is -0.384. The first-order chi connectivity index (χ1) is 13.5. The van der Waals surface area contributed by atoms with Gasteiger partial charge in [-0.05, 0) is 45.8 Å². The van der Waals surface area contributed by atoms with Gasteiger partial charge in [-0.2, -0.15) is 5.10 Å². The molecule has 0 fully saturated rings. The van der Waals surface area contributed by atoms with E-state index in [0.717, 1.165) is 5.56 Å². The molecule has 2 aromatic rings. The Morgan fingerprint density at radius 1 is 1.29 bits per heavy atom. The van der Waals surface area contributed by atoms with Crippen molar-refractivity contribution in [2.24, 2.45) is 5.10 Å². The van der Waals surface area contributed by atoms with Gasteiger partial charge in [0.25, 0.3) is 11.6 Å². The Morgan fingerprint density at radius 2 is 2.11 bits per heavy atom. The van der Waals surface area contributed by atoms with Gasteiger partial charge in [0.2, 0.25) is 6.79 Å². The maximum absolute atomic E-state index is 11.7. The highest BCUT2D eigenvalue weighted by Gasteiger charge is 2.12. The van der Waals surface area contributed by atoms with E-state index in [9.17, 15) is 14.9 Å². The number of nitrogens with one attached hydrogen (secondary N) is 1. The van der Waals surface area contributed by atoms with E-state index in [1.165, 1.54) is 24.4 Å². The van der Waals surface area contributed by atoms with Crippen LogP contribution in [0.15, 0.2) is 52.0 Å². The smallest absolute Gasteiger partial charge is 0.277 e. The van der Waals surface area contributed by atoms with Crippen molar-refractivity contribution in [3.63, 3.8) is 0 Å². The Morgan fingerprint density at radius 3 is 2.89 bits per heavy atom. The third-order valence-corrected chi connectivity index (χ3v) is 4.14. The Balaban J connectivity index is 1.44. The van der Waals surface area contributed by atoms with Crippen LogP contribution in [0.2, 0.25) is 0 Å². The quantitative estimate of drug-likeness (QED) is 0.395. The van der Waals surface area contributed by atoms with E-state index < -0.39 is 10.8 Å². The number of halogens is 1. The van der Waals surface area contributed by atoms with Crippen molar-refractivity contribution in [1.29, 1.82) is 0 Å². The van der Waals surface area contributed by atoms with E-state index in [1.807, 2.05) is 18.2 Å². The molecule has 1 amide bonds. The van der Waals surface area contributed by atoms with E-state index >= 15 is 0 Å². The Kier molecular flexibility index (Phi) is 6.22. The zero-order valence-corrected chi connectivity index (χ0v) is 15.9. The summed E-state index contributed by atoms with van der Waals surface area (Å²) < 4.78 is 16.2. The molecular formula is C18H14BrN3O6. The van der Waals surface area contributed by atoms with Crippen molar-refractivity contribution in [3.8, 4) is 17.2 Å². The normalized spacial score (nSPS) is 12.5. The van der Waals surface area contributed by atoms with Crippen molar-refractivity contribution < 1.29 is 23.9 Å². The zero-order valence-electron chi connectivity index (χ0n) is 14.3. The van der Waals surface area contributed by atoms with Gasteiger partial charge in [0.15, 0.2) is 18.1 Å². The second kappa shape index (κ2) is 9.00. The number of nitrogens with zero attached hydrogens (tertiary/aromatic N) is 2. The van der Waals surface area contributed by atoms with Crippen LogP contribution in [0.3, 0.4) is 0 Å². The highest BCUT2D eigenvalue weighted by Crippen LogP contribution is 2.32. The van der Waals surface area contributed by atoms with Crippen molar-refractivity contribution in [2.75, 3.05) is 13.4 Å². The number of hydrazone groups is 1. The molecule has 0 aliphatic carbocycles. The fourth-order valence-corrected chi connectivity index (χ4v) is 2.70. The van der Waals surface area contributed by atoms with Crippen LogP contribution in [0.4, 0.5) is 5.69 Å². The molecule has 2 aromatic carbocycles. The van der Waals surface area contributed by atoms with Crippen LogP contribution in [0, 0.1) is 10.1 Å². The maximum Gasteiger partial charge on any atom is 0.277 e. The lowest BCUT2D eigenvalue weighted by atomic mass is 10.2. The van der Waals surface area contributed by atoms with Gasteiger partial charge in [0.05, 0.1) is 9.40 Å². The minimum atomic E-state index is -0.521. The van der Waals surface area contributed by atoms with Gasteiger partial charge in [-0.3, -0.25) is 14.9 Å². The van der Waals surface area contributed by atoms with E-state index in [1.54, 1.807) is 12.2 Å². The predicted molar refractivity (Wildman–Crippen MR) is 105 cm³/mol. The number of non-ortho nitro benzene ring substituents is 1. The molecule has 28 heavy (non-hydrogen) atoms. The molecule has 0 atom stereocenters. The van der Waals surface area contributed by atoms with Crippen LogP contribution >= 0.6 is 15.9 Å².